The highest BCUT2D eigenvalue weighted by Crippen LogP contribution is 2.21. The van der Waals surface area contributed by atoms with Crippen molar-refractivity contribution in [2.75, 3.05) is 7.11 Å². The first-order valence-electron chi connectivity index (χ1n) is 6.41. The first-order valence-corrected chi connectivity index (χ1v) is 6.79. The third-order valence-corrected chi connectivity index (χ3v) is 3.57. The number of hydrogen-bond acceptors (Lipinski definition) is 2. The van der Waals surface area contributed by atoms with Gasteiger partial charge in [-0.15, -0.1) is 0 Å². The highest BCUT2D eigenvalue weighted by atomic mass is 35.5. The average Bonchev–Trinajstić information content (AvgIpc) is 2.48. The van der Waals surface area contributed by atoms with E-state index in [1.54, 1.807) is 13.2 Å². The van der Waals surface area contributed by atoms with Gasteiger partial charge in [-0.05, 0) is 48.4 Å². The smallest absolute Gasteiger partial charge is 0.123 e. The van der Waals surface area contributed by atoms with Gasteiger partial charge >= 0.3 is 0 Å². The molecule has 0 spiro atoms. The predicted octanol–water partition coefficient (Wildman–Crippen LogP) is 4.34. The van der Waals surface area contributed by atoms with E-state index in [0.29, 0.717) is 11.6 Å². The maximum atomic E-state index is 13.2. The Kier molecular flexibility index (Phi) is 4.99. The molecule has 0 bridgehead atoms. The molecule has 0 aliphatic carbocycles. The first-order chi connectivity index (χ1) is 9.60. The van der Waals surface area contributed by atoms with Crippen molar-refractivity contribution in [3.63, 3.8) is 0 Å². The van der Waals surface area contributed by atoms with E-state index in [9.17, 15) is 4.39 Å². The third kappa shape index (κ3) is 3.71. The standard InChI is InChI=1S/C16H17ClFNO/c1-11(12-4-3-5-15(9-12)20-2)19-10-13-8-14(18)6-7-16(13)17/h3-9,11,19H,10H2,1-2H3/t11-/m1/s1. The second-order valence-electron chi connectivity index (χ2n) is 4.61. The van der Waals surface area contributed by atoms with Gasteiger partial charge < -0.3 is 10.1 Å². The van der Waals surface area contributed by atoms with Crippen LogP contribution in [0.15, 0.2) is 42.5 Å². The molecular formula is C16H17ClFNO. The molecule has 0 aliphatic rings. The van der Waals surface area contributed by atoms with Crippen molar-refractivity contribution < 1.29 is 9.13 Å². The zero-order chi connectivity index (χ0) is 14.5. The summed E-state index contributed by atoms with van der Waals surface area (Å²) in [7, 11) is 1.64. The molecule has 1 N–H and O–H groups in total. The van der Waals surface area contributed by atoms with Crippen LogP contribution in [0.5, 0.6) is 5.75 Å². The molecule has 1 atom stereocenters. The minimum Gasteiger partial charge on any atom is -0.497 e. The summed E-state index contributed by atoms with van der Waals surface area (Å²) in [6.07, 6.45) is 0. The van der Waals surface area contributed by atoms with Gasteiger partial charge in [0.05, 0.1) is 7.11 Å². The van der Waals surface area contributed by atoms with Crippen LogP contribution >= 0.6 is 11.6 Å². The molecule has 0 fully saturated rings. The Bertz CT molecular complexity index is 588. The molecule has 20 heavy (non-hydrogen) atoms. The van der Waals surface area contributed by atoms with E-state index in [1.165, 1.54) is 12.1 Å². The van der Waals surface area contributed by atoms with Crippen LogP contribution in [0.25, 0.3) is 0 Å². The van der Waals surface area contributed by atoms with Crippen molar-refractivity contribution in [2.24, 2.45) is 0 Å². The lowest BCUT2D eigenvalue weighted by atomic mass is 10.1. The fraction of sp³-hybridized carbons (Fsp3) is 0.250. The topological polar surface area (TPSA) is 21.3 Å². The summed E-state index contributed by atoms with van der Waals surface area (Å²) < 4.78 is 18.4. The van der Waals surface area contributed by atoms with Gasteiger partial charge in [0.1, 0.15) is 11.6 Å². The molecule has 2 aromatic carbocycles. The van der Waals surface area contributed by atoms with Gasteiger partial charge in [0.15, 0.2) is 0 Å². The molecule has 0 saturated carbocycles. The van der Waals surface area contributed by atoms with Crippen molar-refractivity contribution in [3.05, 3.63) is 64.4 Å². The second kappa shape index (κ2) is 6.73. The summed E-state index contributed by atoms with van der Waals surface area (Å²) in [5.41, 5.74) is 1.86. The van der Waals surface area contributed by atoms with Crippen LogP contribution in [0.1, 0.15) is 24.1 Å². The molecule has 0 heterocycles. The molecule has 0 aliphatic heterocycles. The lowest BCUT2D eigenvalue weighted by Crippen LogP contribution is -2.18. The SMILES string of the molecule is COc1cccc([C@@H](C)NCc2cc(F)ccc2Cl)c1. The van der Waals surface area contributed by atoms with Crippen LogP contribution < -0.4 is 10.1 Å². The van der Waals surface area contributed by atoms with E-state index in [4.69, 9.17) is 16.3 Å². The molecule has 0 amide bonds. The van der Waals surface area contributed by atoms with Gasteiger partial charge in [0.2, 0.25) is 0 Å². The molecular weight excluding hydrogens is 277 g/mol. The van der Waals surface area contributed by atoms with Gasteiger partial charge in [-0.1, -0.05) is 23.7 Å². The molecule has 4 heteroatoms. The lowest BCUT2D eigenvalue weighted by Gasteiger charge is -2.15. The molecule has 2 nitrogen and oxygen atoms in total. The van der Waals surface area contributed by atoms with Gasteiger partial charge in [-0.3, -0.25) is 0 Å². The molecule has 0 aromatic heterocycles. The molecule has 2 aromatic rings. The monoisotopic (exact) mass is 293 g/mol. The minimum atomic E-state index is -0.278. The Labute approximate surface area is 123 Å². The molecule has 0 saturated heterocycles. The zero-order valence-corrected chi connectivity index (χ0v) is 12.2. The van der Waals surface area contributed by atoms with E-state index in [2.05, 4.69) is 5.32 Å². The fourth-order valence-electron chi connectivity index (χ4n) is 1.97. The van der Waals surface area contributed by atoms with Crippen LogP contribution in [0.4, 0.5) is 4.39 Å². The maximum Gasteiger partial charge on any atom is 0.123 e. The third-order valence-electron chi connectivity index (χ3n) is 3.20. The van der Waals surface area contributed by atoms with Crippen LogP contribution in [-0.2, 0) is 6.54 Å². The van der Waals surface area contributed by atoms with Crippen molar-refractivity contribution >= 4 is 11.6 Å². The largest absolute Gasteiger partial charge is 0.497 e. The Morgan fingerprint density at radius 2 is 2.05 bits per heavy atom. The van der Waals surface area contributed by atoms with Gasteiger partial charge in [-0.25, -0.2) is 4.39 Å². The maximum absolute atomic E-state index is 13.2. The summed E-state index contributed by atoms with van der Waals surface area (Å²) in [5.74, 6) is 0.542. The Balaban J connectivity index is 2.04. The molecule has 2 rings (SSSR count). The summed E-state index contributed by atoms with van der Waals surface area (Å²) in [6, 6.07) is 12.3. The number of benzene rings is 2. The van der Waals surface area contributed by atoms with E-state index >= 15 is 0 Å². The van der Waals surface area contributed by atoms with E-state index in [0.717, 1.165) is 16.9 Å². The number of ether oxygens (including phenoxy) is 1. The summed E-state index contributed by atoms with van der Waals surface area (Å²) in [6.45, 7) is 2.55. The first kappa shape index (κ1) is 14.8. The molecule has 0 unspecified atom stereocenters. The average molecular weight is 294 g/mol. The quantitative estimate of drug-likeness (QED) is 0.885. The van der Waals surface area contributed by atoms with Crippen LogP contribution in [0.3, 0.4) is 0 Å². The minimum absolute atomic E-state index is 0.115. The van der Waals surface area contributed by atoms with Gasteiger partial charge in [0.25, 0.3) is 0 Å². The van der Waals surface area contributed by atoms with E-state index in [1.807, 2.05) is 31.2 Å². The number of methoxy groups -OCH3 is 1. The Morgan fingerprint density at radius 3 is 2.80 bits per heavy atom. The highest BCUT2D eigenvalue weighted by Gasteiger charge is 2.08. The summed E-state index contributed by atoms with van der Waals surface area (Å²) in [4.78, 5) is 0. The van der Waals surface area contributed by atoms with Gasteiger partial charge in [0, 0.05) is 17.6 Å². The molecule has 106 valence electrons. The van der Waals surface area contributed by atoms with E-state index < -0.39 is 0 Å². The van der Waals surface area contributed by atoms with Crippen LogP contribution in [0.2, 0.25) is 5.02 Å². The summed E-state index contributed by atoms with van der Waals surface area (Å²) in [5, 5.41) is 3.89. The van der Waals surface area contributed by atoms with Gasteiger partial charge in [-0.2, -0.15) is 0 Å². The number of halogens is 2. The van der Waals surface area contributed by atoms with E-state index in [-0.39, 0.29) is 11.9 Å². The van der Waals surface area contributed by atoms with Crippen molar-refractivity contribution in [2.45, 2.75) is 19.5 Å². The van der Waals surface area contributed by atoms with Crippen molar-refractivity contribution in [1.82, 2.24) is 5.32 Å². The van der Waals surface area contributed by atoms with Crippen LogP contribution in [0, 0.1) is 5.82 Å². The number of rotatable bonds is 5. The second-order valence-corrected chi connectivity index (χ2v) is 5.02. The fourth-order valence-corrected chi connectivity index (χ4v) is 2.15. The summed E-state index contributed by atoms with van der Waals surface area (Å²) >= 11 is 6.05. The number of nitrogens with one attached hydrogen (secondary N) is 1. The lowest BCUT2D eigenvalue weighted by molar-refractivity contribution is 0.413. The Hall–Kier alpha value is -1.58. The molecule has 0 radical (unpaired) electrons. The zero-order valence-electron chi connectivity index (χ0n) is 11.5. The number of hydrogen-bond donors (Lipinski definition) is 1. The van der Waals surface area contributed by atoms with Crippen LogP contribution in [-0.4, -0.2) is 7.11 Å². The normalized spacial score (nSPS) is 12.2. The highest BCUT2D eigenvalue weighted by molar-refractivity contribution is 6.31. The van der Waals surface area contributed by atoms with Crippen molar-refractivity contribution in [1.29, 1.82) is 0 Å². The Morgan fingerprint density at radius 1 is 1.25 bits per heavy atom. The predicted molar refractivity (Wildman–Crippen MR) is 79.7 cm³/mol. The van der Waals surface area contributed by atoms with Crippen molar-refractivity contribution in [3.8, 4) is 5.75 Å².